The Kier molecular flexibility index (Phi) is 16.6. The fourth-order valence-corrected chi connectivity index (χ4v) is 10.7. The monoisotopic (exact) mass is 967 g/mol. The first-order valence-corrected chi connectivity index (χ1v) is 24.5. The second-order valence-electron chi connectivity index (χ2n) is 20.3. The van der Waals surface area contributed by atoms with Gasteiger partial charge in [0, 0.05) is 60.3 Å². The summed E-state index contributed by atoms with van der Waals surface area (Å²) in [5.74, 6) is -0.820. The van der Waals surface area contributed by atoms with Crippen LogP contribution in [0.2, 0.25) is 5.02 Å². The van der Waals surface area contributed by atoms with Gasteiger partial charge in [0.2, 0.25) is 17.7 Å². The molecule has 2 aliphatic rings. The van der Waals surface area contributed by atoms with Crippen molar-refractivity contribution in [3.8, 4) is 22.3 Å². The van der Waals surface area contributed by atoms with Crippen LogP contribution in [-0.4, -0.2) is 95.3 Å². The topological polar surface area (TPSA) is 195 Å². The Morgan fingerprint density at radius 2 is 1.68 bits per heavy atom. The molecule has 1 saturated heterocycles. The summed E-state index contributed by atoms with van der Waals surface area (Å²) in [5, 5.41) is 32.7. The van der Waals surface area contributed by atoms with Crippen LogP contribution in [-0.2, 0) is 19.1 Å². The predicted molar refractivity (Wildman–Crippen MR) is 265 cm³/mol. The molecule has 14 nitrogen and oxygen atoms in total. The molecular weight excluding hydrogens is 902 g/mol. The van der Waals surface area contributed by atoms with Crippen molar-refractivity contribution in [2.24, 2.45) is 16.2 Å². The van der Waals surface area contributed by atoms with Crippen LogP contribution in [0.4, 0.5) is 5.69 Å². The number of aryl methyl sites for hydroxylation is 1. The van der Waals surface area contributed by atoms with E-state index < -0.39 is 35.4 Å². The van der Waals surface area contributed by atoms with Gasteiger partial charge in [-0.2, -0.15) is 5.26 Å². The molecule has 0 radical (unpaired) electrons. The van der Waals surface area contributed by atoms with Gasteiger partial charge >= 0.3 is 0 Å². The molecule has 2 fully saturated rings. The number of hydrogen-bond donors (Lipinski definition) is 5. The molecule has 2 heterocycles. The second kappa shape index (κ2) is 21.8. The van der Waals surface area contributed by atoms with E-state index in [0.717, 1.165) is 46.6 Å². The number of nitrogens with one attached hydrogen (secondary N) is 4. The van der Waals surface area contributed by atoms with Gasteiger partial charge < -0.3 is 40.7 Å². The summed E-state index contributed by atoms with van der Waals surface area (Å²) < 4.78 is 12.1. The molecule has 3 aromatic carbocycles. The lowest BCUT2D eigenvalue weighted by Crippen LogP contribution is -2.74. The molecule has 1 saturated carbocycles. The number of nitriles is 1. The molecule has 4 atom stereocenters. The van der Waals surface area contributed by atoms with E-state index in [1.807, 2.05) is 76.5 Å². The standard InChI is InChI=1S/C52H66ClN7O7S/c1-31(33-13-15-34(16-14-33)43-32(2)56-30-68-43)57-46(64)41-25-38(61)28-60(41)47(65)44(50(3,4)5)58-42(62)29-66-24-12-10-11-23-55-37-20-17-35(18-21-37)45(63)59-48-51(6,7)49(52(48,8)9)67-39-22-19-36(27-54)40(53)26-39/h13-22,26,30-31,38,41,44,48-49,55,61H,10-12,23-25,28-29H2,1-9H3,(H,57,64)(H,58,62)(H,59,63)/t31-,38-,41+,44+,48-,49-/m0/s1. The van der Waals surface area contributed by atoms with Gasteiger partial charge in [-0.15, -0.1) is 11.3 Å². The van der Waals surface area contributed by atoms with Gasteiger partial charge in [0.05, 0.1) is 38.8 Å². The smallest absolute Gasteiger partial charge is 0.251 e. The molecule has 0 spiro atoms. The van der Waals surface area contributed by atoms with E-state index in [-0.39, 0.29) is 60.4 Å². The van der Waals surface area contributed by atoms with Crippen LogP contribution in [0.5, 0.6) is 5.75 Å². The maximum Gasteiger partial charge on any atom is 0.251 e. The number of anilines is 1. The summed E-state index contributed by atoms with van der Waals surface area (Å²) in [6.07, 6.45) is 1.46. The first-order chi connectivity index (χ1) is 32.1. The fraction of sp³-hybridized carbons (Fsp3) is 0.500. The summed E-state index contributed by atoms with van der Waals surface area (Å²) in [6, 6.07) is 20.1. The Morgan fingerprint density at radius 3 is 2.29 bits per heavy atom. The second-order valence-corrected chi connectivity index (χ2v) is 21.6. The summed E-state index contributed by atoms with van der Waals surface area (Å²) >= 11 is 7.81. The molecule has 4 amide bonds. The van der Waals surface area contributed by atoms with Gasteiger partial charge in [-0.1, -0.05) is 84.3 Å². The zero-order chi connectivity index (χ0) is 49.6. The molecule has 5 N–H and O–H groups in total. The van der Waals surface area contributed by atoms with Crippen molar-refractivity contribution in [2.75, 3.05) is 31.6 Å². The number of nitrogens with zero attached hydrogens (tertiary/aromatic N) is 3. The molecular formula is C52H66ClN7O7S. The Bertz CT molecular complexity index is 2450. The fourth-order valence-electron chi connectivity index (χ4n) is 9.67. The molecule has 6 rings (SSSR count). The number of ether oxygens (including phenoxy) is 2. The number of aliphatic hydroxyl groups excluding tert-OH is 1. The molecule has 4 aromatic rings. The SMILES string of the molecule is Cc1ncsc1-c1ccc([C@H](C)NC(=O)[C@H]2C[C@H](O)CN2C(=O)[C@@H](NC(=O)COCCCCCNc2ccc(C(=O)N[C@H]3C(C)(C)[C@H](Oc4ccc(C#N)c(Cl)c4)C3(C)C)cc2)C(C)(C)C)cc1. The molecule has 1 aliphatic heterocycles. The summed E-state index contributed by atoms with van der Waals surface area (Å²) in [6.45, 7) is 18.5. The van der Waals surface area contributed by atoms with E-state index in [4.69, 9.17) is 21.1 Å². The lowest BCUT2D eigenvalue weighted by atomic mass is 9.49. The first kappa shape index (κ1) is 51.9. The molecule has 0 unspecified atom stereocenters. The van der Waals surface area contributed by atoms with Crippen LogP contribution in [0, 0.1) is 34.5 Å². The number of carbonyl (C=O) groups is 4. The van der Waals surface area contributed by atoms with Crippen molar-refractivity contribution < 1.29 is 33.8 Å². The van der Waals surface area contributed by atoms with Gasteiger partial charge in [-0.05, 0) is 86.1 Å². The summed E-state index contributed by atoms with van der Waals surface area (Å²) in [5.41, 5.74) is 5.11. The van der Waals surface area contributed by atoms with Gasteiger partial charge in [-0.3, -0.25) is 19.2 Å². The lowest BCUT2D eigenvalue weighted by molar-refractivity contribution is -0.164. The van der Waals surface area contributed by atoms with Gasteiger partial charge in [0.15, 0.2) is 0 Å². The summed E-state index contributed by atoms with van der Waals surface area (Å²) in [7, 11) is 0. The van der Waals surface area contributed by atoms with E-state index in [0.29, 0.717) is 35.1 Å². The zero-order valence-electron chi connectivity index (χ0n) is 40.6. The minimum atomic E-state index is -0.952. The van der Waals surface area contributed by atoms with Gasteiger partial charge in [0.1, 0.15) is 36.6 Å². The van der Waals surface area contributed by atoms with E-state index in [2.05, 4.69) is 60.0 Å². The van der Waals surface area contributed by atoms with Gasteiger partial charge in [0.25, 0.3) is 5.91 Å². The molecule has 364 valence electrons. The number of β-amino-alcohol motifs (C(OH)–C–C–N with tert-alkyl or cyclic N) is 1. The summed E-state index contributed by atoms with van der Waals surface area (Å²) in [4.78, 5) is 61.0. The average Bonchev–Trinajstić information content (AvgIpc) is 3.91. The Morgan fingerprint density at radius 1 is 0.985 bits per heavy atom. The molecule has 16 heteroatoms. The number of hydrogen-bond acceptors (Lipinski definition) is 11. The van der Waals surface area contributed by atoms with Crippen LogP contribution in [0.1, 0.15) is 114 Å². The maximum absolute atomic E-state index is 14.1. The Labute approximate surface area is 409 Å². The molecule has 68 heavy (non-hydrogen) atoms. The highest BCUT2D eigenvalue weighted by molar-refractivity contribution is 7.13. The highest BCUT2D eigenvalue weighted by atomic mass is 35.5. The first-order valence-electron chi connectivity index (χ1n) is 23.3. The third-order valence-electron chi connectivity index (χ3n) is 13.2. The van der Waals surface area contributed by atoms with E-state index >= 15 is 0 Å². The van der Waals surface area contributed by atoms with Crippen LogP contribution >= 0.6 is 22.9 Å². The normalized spacial score (nSPS) is 20.3. The van der Waals surface area contributed by atoms with Crippen LogP contribution in [0.25, 0.3) is 10.4 Å². The number of aliphatic hydroxyl groups is 1. The highest BCUT2D eigenvalue weighted by Crippen LogP contribution is 2.55. The molecule has 1 aliphatic carbocycles. The van der Waals surface area contributed by atoms with Crippen molar-refractivity contribution >= 4 is 52.3 Å². The third kappa shape index (κ3) is 12.2. The third-order valence-corrected chi connectivity index (χ3v) is 14.5. The van der Waals surface area contributed by atoms with Gasteiger partial charge in [-0.25, -0.2) is 4.98 Å². The number of aromatic nitrogens is 1. The molecule has 0 bridgehead atoms. The lowest BCUT2D eigenvalue weighted by Gasteiger charge is -2.63. The molecule has 1 aromatic heterocycles. The minimum Gasteiger partial charge on any atom is -0.489 e. The quantitative estimate of drug-likeness (QED) is 0.0572. The van der Waals surface area contributed by atoms with Crippen molar-refractivity contribution in [2.45, 2.75) is 124 Å². The Balaban J connectivity index is 0.887. The number of rotatable bonds is 19. The predicted octanol–water partition coefficient (Wildman–Crippen LogP) is 8.22. The van der Waals surface area contributed by atoms with Crippen LogP contribution < -0.4 is 26.0 Å². The van der Waals surface area contributed by atoms with E-state index in [9.17, 15) is 29.5 Å². The highest BCUT2D eigenvalue weighted by Gasteiger charge is 2.64. The number of unbranched alkanes of at least 4 members (excludes halogenated alkanes) is 2. The maximum atomic E-state index is 14.1. The van der Waals surface area contributed by atoms with Crippen molar-refractivity contribution in [3.05, 3.63) is 99.6 Å². The number of benzene rings is 3. The number of thiazole rings is 1. The van der Waals surface area contributed by atoms with Crippen molar-refractivity contribution in [3.63, 3.8) is 0 Å². The average molecular weight is 969 g/mol. The van der Waals surface area contributed by atoms with Crippen molar-refractivity contribution in [1.82, 2.24) is 25.8 Å². The Hall–Kier alpha value is -5.53. The van der Waals surface area contributed by atoms with Crippen molar-refractivity contribution in [1.29, 1.82) is 5.26 Å². The van der Waals surface area contributed by atoms with E-state index in [1.54, 1.807) is 41.7 Å². The van der Waals surface area contributed by atoms with E-state index in [1.165, 1.54) is 4.90 Å². The zero-order valence-corrected chi connectivity index (χ0v) is 42.1. The van der Waals surface area contributed by atoms with Crippen LogP contribution in [0.3, 0.4) is 0 Å². The largest absolute Gasteiger partial charge is 0.489 e. The minimum absolute atomic E-state index is 0.0135. The number of amides is 4. The number of carbonyl (C=O) groups excluding carboxylic acids is 4. The number of likely N-dealkylation sites (tertiary alicyclic amines) is 1. The van der Waals surface area contributed by atoms with Crippen LogP contribution in [0.15, 0.2) is 72.2 Å². The number of halogens is 1.